The second kappa shape index (κ2) is 11.6. The summed E-state index contributed by atoms with van der Waals surface area (Å²) in [6, 6.07) is 9.99. The van der Waals surface area contributed by atoms with Crippen molar-refractivity contribution in [1.29, 1.82) is 0 Å². The number of hydrogen-bond donors (Lipinski definition) is 0. The molecule has 0 saturated heterocycles. The smallest absolute Gasteiger partial charge is 0.416 e. The minimum atomic E-state index is -4.43. The van der Waals surface area contributed by atoms with E-state index >= 15 is 0 Å². The Morgan fingerprint density at radius 1 is 1.13 bits per heavy atom. The largest absolute Gasteiger partial charge is 0.462 e. The minimum Gasteiger partial charge on any atom is -0.462 e. The third kappa shape index (κ3) is 6.80. The predicted octanol–water partition coefficient (Wildman–Crippen LogP) is 7.85. The van der Waals surface area contributed by atoms with Crippen molar-refractivity contribution in [2.24, 2.45) is 0 Å². The standard InChI is InChI=1S/C20H19ClF3NO2.C3H8/c1-4-18(21)25(16-8-6-7-14(12-16)19(26)27-5-2)17-10-9-15(11-13(17)3)20(22,23)24;1-3-2/h4,6-12H,5H2,1-3H3;3H2,1-2H3/b18-4+;. The molecule has 3 nitrogen and oxygen atoms in total. The monoisotopic (exact) mass is 441 g/mol. The molecule has 0 radical (unpaired) electrons. The Morgan fingerprint density at radius 3 is 2.27 bits per heavy atom. The van der Waals surface area contributed by atoms with E-state index in [0.29, 0.717) is 27.7 Å². The minimum absolute atomic E-state index is 0.237. The van der Waals surface area contributed by atoms with Gasteiger partial charge in [0.25, 0.3) is 0 Å². The van der Waals surface area contributed by atoms with E-state index < -0.39 is 17.7 Å². The molecule has 0 aliphatic rings. The number of rotatable bonds is 5. The summed E-state index contributed by atoms with van der Waals surface area (Å²) in [7, 11) is 0. The van der Waals surface area contributed by atoms with Crippen molar-refractivity contribution in [2.45, 2.75) is 47.2 Å². The maximum Gasteiger partial charge on any atom is 0.416 e. The summed E-state index contributed by atoms with van der Waals surface area (Å²) in [6.07, 6.45) is -1.56. The summed E-state index contributed by atoms with van der Waals surface area (Å²) in [5.74, 6) is -0.486. The molecule has 0 saturated carbocycles. The van der Waals surface area contributed by atoms with Gasteiger partial charge >= 0.3 is 12.1 Å². The van der Waals surface area contributed by atoms with Crippen LogP contribution in [0.25, 0.3) is 0 Å². The van der Waals surface area contributed by atoms with Crippen molar-refractivity contribution in [2.75, 3.05) is 11.5 Å². The molecule has 2 aromatic carbocycles. The van der Waals surface area contributed by atoms with Crippen LogP contribution < -0.4 is 4.90 Å². The molecule has 0 heterocycles. The van der Waals surface area contributed by atoms with Gasteiger partial charge < -0.3 is 9.64 Å². The lowest BCUT2D eigenvalue weighted by atomic mass is 10.1. The lowest BCUT2D eigenvalue weighted by Crippen LogP contribution is -2.16. The first-order valence-electron chi connectivity index (χ1n) is 9.67. The Kier molecular flexibility index (Phi) is 9.93. The topological polar surface area (TPSA) is 29.5 Å². The first-order valence-corrected chi connectivity index (χ1v) is 10.0. The highest BCUT2D eigenvalue weighted by molar-refractivity contribution is 6.32. The van der Waals surface area contributed by atoms with Gasteiger partial charge in [-0.3, -0.25) is 0 Å². The summed E-state index contributed by atoms with van der Waals surface area (Å²) in [5.41, 5.74) is 0.995. The van der Waals surface area contributed by atoms with Crippen molar-refractivity contribution in [3.05, 3.63) is 70.4 Å². The molecule has 0 amide bonds. The zero-order valence-electron chi connectivity index (χ0n) is 17.8. The number of nitrogens with zero attached hydrogens (tertiary/aromatic N) is 1. The fourth-order valence-electron chi connectivity index (χ4n) is 2.58. The van der Waals surface area contributed by atoms with Crippen molar-refractivity contribution in [3.63, 3.8) is 0 Å². The quantitative estimate of drug-likeness (QED) is 0.349. The molecule has 0 aliphatic carbocycles. The molecule has 0 bridgehead atoms. The molecule has 0 atom stereocenters. The van der Waals surface area contributed by atoms with Crippen LogP contribution in [0.5, 0.6) is 0 Å². The van der Waals surface area contributed by atoms with Crippen LogP contribution in [0.3, 0.4) is 0 Å². The Balaban J connectivity index is 0.00000141. The molecule has 7 heteroatoms. The average Bonchev–Trinajstić information content (AvgIpc) is 2.69. The van der Waals surface area contributed by atoms with Gasteiger partial charge in [0.15, 0.2) is 0 Å². The molecule has 2 aromatic rings. The average molecular weight is 442 g/mol. The molecule has 0 unspecified atom stereocenters. The van der Waals surface area contributed by atoms with Gasteiger partial charge in [-0.1, -0.05) is 44.0 Å². The van der Waals surface area contributed by atoms with Crippen LogP contribution >= 0.6 is 11.6 Å². The SMILES string of the molecule is C/C=C(\Cl)N(c1cccc(C(=O)OCC)c1)c1ccc(C(F)(F)F)cc1C.CCC. The lowest BCUT2D eigenvalue weighted by molar-refractivity contribution is -0.137. The van der Waals surface area contributed by atoms with E-state index in [-0.39, 0.29) is 6.61 Å². The zero-order valence-corrected chi connectivity index (χ0v) is 18.6. The van der Waals surface area contributed by atoms with E-state index in [4.69, 9.17) is 16.3 Å². The predicted molar refractivity (Wildman–Crippen MR) is 116 cm³/mol. The molecule has 164 valence electrons. The van der Waals surface area contributed by atoms with Gasteiger partial charge in [-0.25, -0.2) is 4.79 Å². The summed E-state index contributed by atoms with van der Waals surface area (Å²) < 4.78 is 43.9. The van der Waals surface area contributed by atoms with Crippen molar-refractivity contribution >= 4 is 28.9 Å². The van der Waals surface area contributed by atoms with Gasteiger partial charge in [0, 0.05) is 11.4 Å². The normalized spacial score (nSPS) is 11.4. The third-order valence-corrected chi connectivity index (χ3v) is 4.22. The van der Waals surface area contributed by atoms with Gasteiger partial charge in [0.2, 0.25) is 0 Å². The molecular weight excluding hydrogens is 415 g/mol. The van der Waals surface area contributed by atoms with Gasteiger partial charge in [0.1, 0.15) is 5.16 Å². The Morgan fingerprint density at radius 2 is 1.77 bits per heavy atom. The van der Waals surface area contributed by atoms with Crippen LogP contribution in [0.15, 0.2) is 53.7 Å². The van der Waals surface area contributed by atoms with E-state index in [1.807, 2.05) is 0 Å². The summed E-state index contributed by atoms with van der Waals surface area (Å²) >= 11 is 6.34. The number of allylic oxidation sites excluding steroid dienone is 1. The number of esters is 1. The Labute approximate surface area is 181 Å². The molecule has 2 rings (SSSR count). The second-order valence-corrected chi connectivity index (χ2v) is 6.81. The first-order chi connectivity index (χ1) is 14.1. The highest BCUT2D eigenvalue weighted by atomic mass is 35.5. The van der Waals surface area contributed by atoms with Crippen molar-refractivity contribution in [3.8, 4) is 0 Å². The first kappa shape index (κ1) is 25.6. The third-order valence-electron chi connectivity index (χ3n) is 3.83. The van der Waals surface area contributed by atoms with E-state index in [9.17, 15) is 18.0 Å². The van der Waals surface area contributed by atoms with E-state index in [1.54, 1.807) is 56.0 Å². The molecule has 30 heavy (non-hydrogen) atoms. The van der Waals surface area contributed by atoms with E-state index in [1.165, 1.54) is 12.5 Å². The number of hydrogen-bond acceptors (Lipinski definition) is 3. The van der Waals surface area contributed by atoms with Gasteiger partial charge in [-0.15, -0.1) is 0 Å². The number of aryl methyl sites for hydroxylation is 1. The van der Waals surface area contributed by atoms with Crippen LogP contribution in [-0.2, 0) is 10.9 Å². The fourth-order valence-corrected chi connectivity index (χ4v) is 2.76. The van der Waals surface area contributed by atoms with Crippen LogP contribution in [0.2, 0.25) is 0 Å². The highest BCUT2D eigenvalue weighted by Gasteiger charge is 2.31. The molecule has 0 spiro atoms. The summed E-state index contributed by atoms with van der Waals surface area (Å²) in [6.45, 7) is 9.48. The fraction of sp³-hybridized carbons (Fsp3) is 0.348. The molecular formula is C23H27ClF3NO2. The van der Waals surface area contributed by atoms with Crippen LogP contribution in [0, 0.1) is 6.92 Å². The van der Waals surface area contributed by atoms with Gasteiger partial charge in [-0.2, -0.15) is 13.2 Å². The van der Waals surface area contributed by atoms with Crippen LogP contribution in [0.1, 0.15) is 55.6 Å². The highest BCUT2D eigenvalue weighted by Crippen LogP contribution is 2.37. The Bertz CT molecular complexity index is 879. The van der Waals surface area contributed by atoms with Crippen molar-refractivity contribution in [1.82, 2.24) is 0 Å². The maximum atomic E-state index is 13.0. The number of ether oxygens (including phenoxy) is 1. The number of anilines is 2. The van der Waals surface area contributed by atoms with Crippen LogP contribution in [0.4, 0.5) is 24.5 Å². The van der Waals surface area contributed by atoms with Gasteiger partial charge in [-0.05, 0) is 62.7 Å². The Hall–Kier alpha value is -2.47. The second-order valence-electron chi connectivity index (χ2n) is 6.42. The zero-order chi connectivity index (χ0) is 22.9. The van der Waals surface area contributed by atoms with E-state index in [0.717, 1.165) is 12.1 Å². The maximum absolute atomic E-state index is 13.0. The lowest BCUT2D eigenvalue weighted by Gasteiger charge is -2.26. The number of carbonyl (C=O) groups excluding carboxylic acids is 1. The molecule has 0 N–H and O–H groups in total. The number of alkyl halides is 3. The number of benzene rings is 2. The molecule has 0 aromatic heterocycles. The van der Waals surface area contributed by atoms with Crippen LogP contribution in [-0.4, -0.2) is 12.6 Å². The van der Waals surface area contributed by atoms with Gasteiger partial charge in [0.05, 0.1) is 17.7 Å². The summed E-state index contributed by atoms with van der Waals surface area (Å²) in [5, 5.41) is 0.291. The van der Waals surface area contributed by atoms with E-state index in [2.05, 4.69) is 13.8 Å². The van der Waals surface area contributed by atoms with Crippen molar-refractivity contribution < 1.29 is 22.7 Å². The number of halogens is 4. The summed E-state index contributed by atoms with van der Waals surface area (Å²) in [4.78, 5) is 13.6. The molecule has 0 fully saturated rings. The number of carbonyl (C=O) groups is 1. The molecule has 0 aliphatic heterocycles.